The Morgan fingerprint density at radius 3 is 3.08 bits per heavy atom. The summed E-state index contributed by atoms with van der Waals surface area (Å²) in [6, 6.07) is 0. The zero-order chi connectivity index (χ0) is 9.42. The molecular weight excluding hydrogens is 171 g/mol. The Balaban J connectivity index is 2.50. The molecule has 0 amide bonds. The summed E-state index contributed by atoms with van der Waals surface area (Å²) in [5, 5.41) is 13.1. The number of aryl methyl sites for hydroxylation is 1. The molecule has 1 aliphatic rings. The molecule has 1 N–H and O–H groups in total. The van der Waals surface area contributed by atoms with Crippen LogP contribution in [-0.4, -0.2) is 14.9 Å². The minimum absolute atomic E-state index is 0.157. The molecule has 0 aromatic carbocycles. The first-order valence-corrected chi connectivity index (χ1v) is 4.61. The van der Waals surface area contributed by atoms with Gasteiger partial charge in [-0.25, -0.2) is 4.39 Å². The van der Waals surface area contributed by atoms with Crippen molar-refractivity contribution in [3.05, 3.63) is 17.0 Å². The summed E-state index contributed by atoms with van der Waals surface area (Å²) in [6.07, 6.45) is 0.370. The number of aliphatic hydroxyl groups excluding tert-OH is 1. The third-order valence-corrected chi connectivity index (χ3v) is 2.57. The van der Waals surface area contributed by atoms with E-state index >= 15 is 0 Å². The molecule has 1 heterocycles. The fraction of sp³-hybridized carbons (Fsp3) is 0.667. The van der Waals surface area contributed by atoms with Crippen LogP contribution in [0.25, 0.3) is 0 Å². The molecule has 0 saturated heterocycles. The van der Waals surface area contributed by atoms with Gasteiger partial charge in [-0.15, -0.1) is 0 Å². The highest BCUT2D eigenvalue weighted by Crippen LogP contribution is 2.36. The van der Waals surface area contributed by atoms with Crippen LogP contribution in [0, 0.1) is 0 Å². The topological polar surface area (TPSA) is 38.0 Å². The van der Waals surface area contributed by atoms with Crippen LogP contribution in [0.4, 0.5) is 4.39 Å². The maximum atomic E-state index is 13.3. The smallest absolute Gasteiger partial charge is 0.129 e. The standard InChI is InChI=1S/C9H13FN2O/c1-2-12-8-4-3-6(10)9(8)7(5-13)11-12/h6,13H,2-5H2,1H3. The van der Waals surface area contributed by atoms with E-state index in [0.29, 0.717) is 17.7 Å². The van der Waals surface area contributed by atoms with Crippen molar-refractivity contribution in [3.63, 3.8) is 0 Å². The lowest BCUT2D eigenvalue weighted by Gasteiger charge is -1.98. The third-order valence-electron chi connectivity index (χ3n) is 2.57. The number of hydrogen-bond acceptors (Lipinski definition) is 2. The van der Waals surface area contributed by atoms with E-state index in [9.17, 15) is 4.39 Å². The van der Waals surface area contributed by atoms with E-state index in [-0.39, 0.29) is 6.61 Å². The van der Waals surface area contributed by atoms with Crippen LogP contribution in [0.15, 0.2) is 0 Å². The average Bonchev–Trinajstić information content (AvgIpc) is 2.67. The lowest BCUT2D eigenvalue weighted by atomic mass is 10.2. The Morgan fingerprint density at radius 2 is 2.46 bits per heavy atom. The second kappa shape index (κ2) is 3.10. The van der Waals surface area contributed by atoms with E-state index in [1.807, 2.05) is 6.92 Å². The van der Waals surface area contributed by atoms with Crippen molar-refractivity contribution in [2.75, 3.05) is 0 Å². The highest BCUT2D eigenvalue weighted by molar-refractivity contribution is 5.32. The molecule has 1 atom stereocenters. The number of rotatable bonds is 2. The Labute approximate surface area is 76.2 Å². The van der Waals surface area contributed by atoms with Crippen LogP contribution in [0.5, 0.6) is 0 Å². The van der Waals surface area contributed by atoms with Crippen molar-refractivity contribution in [1.82, 2.24) is 9.78 Å². The monoisotopic (exact) mass is 184 g/mol. The Bertz CT molecular complexity index is 322. The largest absolute Gasteiger partial charge is 0.390 e. The molecule has 0 saturated carbocycles. The number of aromatic nitrogens is 2. The van der Waals surface area contributed by atoms with Crippen molar-refractivity contribution < 1.29 is 9.50 Å². The van der Waals surface area contributed by atoms with Crippen molar-refractivity contribution >= 4 is 0 Å². The summed E-state index contributed by atoms with van der Waals surface area (Å²) in [4.78, 5) is 0. The predicted molar refractivity (Wildman–Crippen MR) is 46.0 cm³/mol. The lowest BCUT2D eigenvalue weighted by Crippen LogP contribution is -2.01. The van der Waals surface area contributed by atoms with Gasteiger partial charge < -0.3 is 5.11 Å². The van der Waals surface area contributed by atoms with E-state index in [1.165, 1.54) is 0 Å². The quantitative estimate of drug-likeness (QED) is 0.753. The van der Waals surface area contributed by atoms with Crippen LogP contribution in [0.3, 0.4) is 0 Å². The van der Waals surface area contributed by atoms with Crippen LogP contribution in [0.2, 0.25) is 0 Å². The van der Waals surface area contributed by atoms with Gasteiger partial charge in [-0.3, -0.25) is 4.68 Å². The number of hydrogen-bond donors (Lipinski definition) is 1. The molecule has 1 aromatic rings. The van der Waals surface area contributed by atoms with Gasteiger partial charge in [0.05, 0.1) is 12.3 Å². The van der Waals surface area contributed by atoms with Gasteiger partial charge in [0.15, 0.2) is 0 Å². The van der Waals surface area contributed by atoms with Crippen molar-refractivity contribution in [2.24, 2.45) is 0 Å². The number of nitrogens with zero attached hydrogens (tertiary/aromatic N) is 2. The van der Waals surface area contributed by atoms with Gasteiger partial charge in [-0.1, -0.05) is 0 Å². The molecule has 4 heteroatoms. The van der Waals surface area contributed by atoms with Gasteiger partial charge >= 0.3 is 0 Å². The highest BCUT2D eigenvalue weighted by Gasteiger charge is 2.29. The number of fused-ring (bicyclic) bond motifs is 1. The summed E-state index contributed by atoms with van der Waals surface area (Å²) in [7, 11) is 0. The van der Waals surface area contributed by atoms with Gasteiger partial charge in [0.25, 0.3) is 0 Å². The minimum Gasteiger partial charge on any atom is -0.390 e. The summed E-state index contributed by atoms with van der Waals surface area (Å²) >= 11 is 0. The van der Waals surface area contributed by atoms with E-state index in [2.05, 4.69) is 5.10 Å². The van der Waals surface area contributed by atoms with Crippen LogP contribution in [0.1, 0.15) is 36.5 Å². The van der Waals surface area contributed by atoms with Gasteiger partial charge in [0.2, 0.25) is 0 Å². The number of halogens is 1. The van der Waals surface area contributed by atoms with Crippen molar-refractivity contribution in [1.29, 1.82) is 0 Å². The minimum atomic E-state index is -0.919. The maximum Gasteiger partial charge on any atom is 0.129 e. The molecule has 13 heavy (non-hydrogen) atoms. The first kappa shape index (κ1) is 8.69. The van der Waals surface area contributed by atoms with Crippen molar-refractivity contribution in [2.45, 2.75) is 39.1 Å². The molecular formula is C9H13FN2O. The van der Waals surface area contributed by atoms with E-state index < -0.39 is 6.17 Å². The molecule has 1 aromatic heterocycles. The molecule has 0 radical (unpaired) electrons. The molecule has 1 unspecified atom stereocenters. The molecule has 2 rings (SSSR count). The summed E-state index contributed by atoms with van der Waals surface area (Å²) in [5.41, 5.74) is 2.13. The molecule has 1 aliphatic carbocycles. The summed E-state index contributed by atoms with van der Waals surface area (Å²) < 4.78 is 15.1. The molecule has 0 spiro atoms. The zero-order valence-corrected chi connectivity index (χ0v) is 7.63. The highest BCUT2D eigenvalue weighted by atomic mass is 19.1. The maximum absolute atomic E-state index is 13.3. The molecule has 0 aliphatic heterocycles. The zero-order valence-electron chi connectivity index (χ0n) is 7.63. The fourth-order valence-corrected chi connectivity index (χ4v) is 1.98. The van der Waals surface area contributed by atoms with E-state index in [1.54, 1.807) is 4.68 Å². The predicted octanol–water partition coefficient (Wildman–Crippen LogP) is 1.35. The summed E-state index contributed by atoms with van der Waals surface area (Å²) in [5.74, 6) is 0. The van der Waals surface area contributed by atoms with E-state index in [4.69, 9.17) is 5.11 Å². The molecule has 0 fully saturated rings. The Kier molecular flexibility index (Phi) is 2.07. The van der Waals surface area contributed by atoms with Gasteiger partial charge in [0, 0.05) is 17.8 Å². The normalized spacial score (nSPS) is 20.7. The number of alkyl halides is 1. The SMILES string of the molecule is CCn1nc(CO)c2c1CCC2F. The average molecular weight is 184 g/mol. The lowest BCUT2D eigenvalue weighted by molar-refractivity contribution is 0.266. The van der Waals surface area contributed by atoms with Crippen LogP contribution in [-0.2, 0) is 19.6 Å². The molecule has 3 nitrogen and oxygen atoms in total. The number of aliphatic hydroxyl groups is 1. The fourth-order valence-electron chi connectivity index (χ4n) is 1.98. The summed E-state index contributed by atoms with van der Waals surface area (Å²) in [6.45, 7) is 2.56. The van der Waals surface area contributed by atoms with Gasteiger partial charge in [0.1, 0.15) is 6.17 Å². The van der Waals surface area contributed by atoms with Gasteiger partial charge in [-0.05, 0) is 19.8 Å². The van der Waals surface area contributed by atoms with Gasteiger partial charge in [-0.2, -0.15) is 5.10 Å². The molecule has 0 bridgehead atoms. The first-order valence-electron chi connectivity index (χ1n) is 4.61. The van der Waals surface area contributed by atoms with Crippen LogP contribution >= 0.6 is 0 Å². The second-order valence-corrected chi connectivity index (χ2v) is 3.29. The Morgan fingerprint density at radius 1 is 1.69 bits per heavy atom. The second-order valence-electron chi connectivity index (χ2n) is 3.29. The third kappa shape index (κ3) is 1.16. The van der Waals surface area contributed by atoms with E-state index in [0.717, 1.165) is 18.7 Å². The molecule has 72 valence electrons. The Hall–Kier alpha value is -0.900. The first-order chi connectivity index (χ1) is 6.27. The van der Waals surface area contributed by atoms with Crippen LogP contribution < -0.4 is 0 Å². The van der Waals surface area contributed by atoms with Crippen molar-refractivity contribution in [3.8, 4) is 0 Å².